The third-order valence-electron chi connectivity index (χ3n) is 3.75. The van der Waals surface area contributed by atoms with Crippen LogP contribution in [0.1, 0.15) is 44.6 Å². The number of ether oxygens (including phenoxy) is 1. The lowest BCUT2D eigenvalue weighted by molar-refractivity contribution is -0.127. The van der Waals surface area contributed by atoms with Crippen molar-refractivity contribution in [2.45, 2.75) is 45.4 Å². The zero-order chi connectivity index (χ0) is 15.3. The number of hydrogen-bond donors (Lipinski definition) is 1. The molecule has 3 heteroatoms. The van der Waals surface area contributed by atoms with E-state index in [0.717, 1.165) is 45.1 Å². The highest BCUT2D eigenvalue weighted by Crippen LogP contribution is 2.10. The van der Waals surface area contributed by atoms with Gasteiger partial charge >= 0.3 is 0 Å². The highest BCUT2D eigenvalue weighted by atomic mass is 16.5. The molecule has 0 aromatic heterocycles. The molecule has 1 atom stereocenters. The summed E-state index contributed by atoms with van der Waals surface area (Å²) in [6, 6.07) is 10.3. The van der Waals surface area contributed by atoms with Crippen molar-refractivity contribution in [2.75, 3.05) is 19.8 Å². The highest BCUT2D eigenvalue weighted by molar-refractivity contribution is 5.81. The number of rotatable bonds is 12. The van der Waals surface area contributed by atoms with Gasteiger partial charge in [0.1, 0.15) is 6.61 Å². The first kappa shape index (κ1) is 17.9. The smallest absolute Gasteiger partial charge is 0.161 e. The Labute approximate surface area is 128 Å². The van der Waals surface area contributed by atoms with Gasteiger partial charge in [0.15, 0.2) is 5.78 Å². The van der Waals surface area contributed by atoms with Crippen molar-refractivity contribution >= 4 is 5.78 Å². The van der Waals surface area contributed by atoms with Crippen LogP contribution in [0.15, 0.2) is 30.3 Å². The molecule has 118 valence electrons. The number of Topliss-reactive ketones (excluding diaryl/α,β-unsaturated/α-hetero) is 1. The molecule has 0 fully saturated rings. The quantitative estimate of drug-likeness (QED) is 0.601. The minimum Gasteiger partial charge on any atom is -0.374 e. The van der Waals surface area contributed by atoms with Gasteiger partial charge in [-0.25, -0.2) is 0 Å². The van der Waals surface area contributed by atoms with Gasteiger partial charge in [-0.05, 0) is 37.8 Å². The van der Waals surface area contributed by atoms with Crippen LogP contribution < -0.4 is 5.73 Å². The maximum Gasteiger partial charge on any atom is 0.161 e. The summed E-state index contributed by atoms with van der Waals surface area (Å²) < 4.78 is 5.47. The number of carbonyl (C=O) groups is 1. The van der Waals surface area contributed by atoms with Crippen LogP contribution in [-0.4, -0.2) is 25.5 Å². The lowest BCUT2D eigenvalue weighted by Gasteiger charge is -2.11. The highest BCUT2D eigenvalue weighted by Gasteiger charge is 2.12. The maximum absolute atomic E-state index is 12.0. The molecule has 0 aliphatic heterocycles. The number of benzene rings is 1. The minimum absolute atomic E-state index is 0.0717. The Morgan fingerprint density at radius 1 is 1.14 bits per heavy atom. The van der Waals surface area contributed by atoms with Gasteiger partial charge < -0.3 is 10.5 Å². The van der Waals surface area contributed by atoms with Crippen LogP contribution in [0.25, 0.3) is 0 Å². The summed E-state index contributed by atoms with van der Waals surface area (Å²) in [5, 5.41) is 0. The van der Waals surface area contributed by atoms with Crippen molar-refractivity contribution in [1.29, 1.82) is 0 Å². The molecule has 1 aromatic rings. The van der Waals surface area contributed by atoms with E-state index < -0.39 is 0 Å². The lowest BCUT2D eigenvalue weighted by atomic mass is 9.98. The third kappa shape index (κ3) is 8.64. The summed E-state index contributed by atoms with van der Waals surface area (Å²) in [7, 11) is 0. The van der Waals surface area contributed by atoms with Gasteiger partial charge in [-0.2, -0.15) is 0 Å². The van der Waals surface area contributed by atoms with Gasteiger partial charge in [-0.15, -0.1) is 0 Å². The van der Waals surface area contributed by atoms with E-state index in [1.165, 1.54) is 5.56 Å². The molecule has 0 unspecified atom stereocenters. The number of nitrogens with two attached hydrogens (primary N) is 1. The molecule has 0 saturated carbocycles. The van der Waals surface area contributed by atoms with Crippen molar-refractivity contribution in [3.8, 4) is 0 Å². The monoisotopic (exact) mass is 291 g/mol. The normalized spacial score (nSPS) is 12.3. The second kappa shape index (κ2) is 11.5. The fraction of sp³-hybridized carbons (Fsp3) is 0.611. The molecule has 0 bridgehead atoms. The molecule has 0 saturated heterocycles. The molecule has 1 aromatic carbocycles. The molecule has 0 spiro atoms. The van der Waals surface area contributed by atoms with E-state index in [-0.39, 0.29) is 18.3 Å². The summed E-state index contributed by atoms with van der Waals surface area (Å²) in [5.41, 5.74) is 6.73. The zero-order valence-corrected chi connectivity index (χ0v) is 13.2. The fourth-order valence-corrected chi connectivity index (χ4v) is 2.21. The Morgan fingerprint density at radius 3 is 2.57 bits per heavy atom. The van der Waals surface area contributed by atoms with Crippen LogP contribution in [0, 0.1) is 5.92 Å². The Hall–Kier alpha value is -1.19. The molecule has 0 amide bonds. The Kier molecular flexibility index (Phi) is 9.75. The van der Waals surface area contributed by atoms with E-state index in [0.29, 0.717) is 6.61 Å². The molecular weight excluding hydrogens is 262 g/mol. The molecule has 0 radical (unpaired) electrons. The van der Waals surface area contributed by atoms with Gasteiger partial charge in [-0.3, -0.25) is 4.79 Å². The Morgan fingerprint density at radius 2 is 1.86 bits per heavy atom. The summed E-state index contributed by atoms with van der Waals surface area (Å²) in [6.07, 6.45) is 6.23. The summed E-state index contributed by atoms with van der Waals surface area (Å²) in [5.74, 6) is 0.287. The molecule has 0 aliphatic rings. The Bertz CT molecular complexity index is 378. The van der Waals surface area contributed by atoms with Crippen LogP contribution in [0.2, 0.25) is 0 Å². The molecular formula is C18H29NO2. The van der Waals surface area contributed by atoms with Crippen LogP contribution in [0.5, 0.6) is 0 Å². The van der Waals surface area contributed by atoms with E-state index >= 15 is 0 Å². The first-order chi connectivity index (χ1) is 10.2. The van der Waals surface area contributed by atoms with Crippen molar-refractivity contribution in [2.24, 2.45) is 11.7 Å². The van der Waals surface area contributed by atoms with Crippen LogP contribution in [0.3, 0.4) is 0 Å². The molecule has 0 aliphatic carbocycles. The van der Waals surface area contributed by atoms with Crippen molar-refractivity contribution in [1.82, 2.24) is 0 Å². The van der Waals surface area contributed by atoms with Crippen molar-refractivity contribution < 1.29 is 9.53 Å². The standard InChI is InChI=1S/C18H29NO2/c1-16(11-12-17-9-5-4-6-10-17)18(20)15-21-14-8-3-2-7-13-19/h4-6,9-10,16H,2-3,7-8,11-15,19H2,1H3/t16-/m1/s1. The molecule has 0 heterocycles. The van der Waals surface area contributed by atoms with E-state index in [9.17, 15) is 4.79 Å². The predicted molar refractivity (Wildman–Crippen MR) is 87.3 cm³/mol. The number of aryl methyl sites for hydroxylation is 1. The first-order valence-corrected chi connectivity index (χ1v) is 8.08. The van der Waals surface area contributed by atoms with E-state index in [1.807, 2.05) is 25.1 Å². The van der Waals surface area contributed by atoms with Crippen LogP contribution in [0.4, 0.5) is 0 Å². The van der Waals surface area contributed by atoms with E-state index in [1.54, 1.807) is 0 Å². The van der Waals surface area contributed by atoms with Crippen molar-refractivity contribution in [3.63, 3.8) is 0 Å². The lowest BCUT2D eigenvalue weighted by Crippen LogP contribution is -2.18. The maximum atomic E-state index is 12.0. The van der Waals surface area contributed by atoms with Gasteiger partial charge in [0.25, 0.3) is 0 Å². The minimum atomic E-state index is 0.0717. The molecule has 3 nitrogen and oxygen atoms in total. The Balaban J connectivity index is 2.06. The second-order valence-corrected chi connectivity index (χ2v) is 5.65. The van der Waals surface area contributed by atoms with Crippen molar-refractivity contribution in [3.05, 3.63) is 35.9 Å². The summed E-state index contributed by atoms with van der Waals surface area (Å²) in [6.45, 7) is 3.70. The average Bonchev–Trinajstić information content (AvgIpc) is 2.52. The largest absolute Gasteiger partial charge is 0.374 e. The first-order valence-electron chi connectivity index (χ1n) is 8.08. The SMILES string of the molecule is C[C@H](CCc1ccccc1)C(=O)COCCCCCCN. The van der Waals surface area contributed by atoms with Gasteiger partial charge in [0, 0.05) is 12.5 Å². The summed E-state index contributed by atoms with van der Waals surface area (Å²) in [4.78, 5) is 12.0. The number of hydrogen-bond acceptors (Lipinski definition) is 3. The fourth-order valence-electron chi connectivity index (χ4n) is 2.21. The van der Waals surface area contributed by atoms with Crippen LogP contribution >= 0.6 is 0 Å². The van der Waals surface area contributed by atoms with E-state index in [4.69, 9.17) is 10.5 Å². The van der Waals surface area contributed by atoms with Gasteiger partial charge in [-0.1, -0.05) is 50.1 Å². The number of ketones is 1. The summed E-state index contributed by atoms with van der Waals surface area (Å²) >= 11 is 0. The molecule has 1 rings (SSSR count). The van der Waals surface area contributed by atoms with Gasteiger partial charge in [0.05, 0.1) is 0 Å². The average molecular weight is 291 g/mol. The second-order valence-electron chi connectivity index (χ2n) is 5.65. The zero-order valence-electron chi connectivity index (χ0n) is 13.2. The topological polar surface area (TPSA) is 52.3 Å². The number of unbranched alkanes of at least 4 members (excludes halogenated alkanes) is 3. The molecule has 2 N–H and O–H groups in total. The molecule has 21 heavy (non-hydrogen) atoms. The van der Waals surface area contributed by atoms with Crippen LogP contribution in [-0.2, 0) is 16.0 Å². The number of carbonyl (C=O) groups excluding carboxylic acids is 1. The van der Waals surface area contributed by atoms with Gasteiger partial charge in [0.2, 0.25) is 0 Å². The third-order valence-corrected chi connectivity index (χ3v) is 3.75. The van der Waals surface area contributed by atoms with E-state index in [2.05, 4.69) is 12.1 Å². The predicted octanol–water partition coefficient (Wildman–Crippen LogP) is 3.36.